The van der Waals surface area contributed by atoms with Gasteiger partial charge in [-0.3, -0.25) is 14.4 Å². The number of fused-ring (bicyclic) bond motifs is 2. The highest BCUT2D eigenvalue weighted by Crippen LogP contribution is 2.39. The zero-order valence-electron chi connectivity index (χ0n) is 19.5. The summed E-state index contributed by atoms with van der Waals surface area (Å²) in [5.74, 6) is -0.0292. The Labute approximate surface area is 200 Å². The molecule has 0 radical (unpaired) electrons. The molecule has 0 atom stereocenters. The van der Waals surface area contributed by atoms with Crippen LogP contribution in [0.3, 0.4) is 0 Å². The van der Waals surface area contributed by atoms with Crippen molar-refractivity contribution in [3.63, 3.8) is 0 Å². The highest BCUT2D eigenvalue weighted by molar-refractivity contribution is 5.95. The summed E-state index contributed by atoms with van der Waals surface area (Å²) in [5.41, 5.74) is 1.49. The highest BCUT2D eigenvalue weighted by atomic mass is 16.5. The van der Waals surface area contributed by atoms with Crippen LogP contribution in [0.2, 0.25) is 0 Å². The molecule has 1 amide bonds. The SMILES string of the molecule is COc1cc(NC(=O)COC(=O)Cn2c3ccccc3c(=O)c3ccccc32)cc(OC)c1OC. The third-order valence-electron chi connectivity index (χ3n) is 5.48. The number of para-hydroxylation sites is 2. The van der Waals surface area contributed by atoms with Gasteiger partial charge in [-0.1, -0.05) is 24.3 Å². The summed E-state index contributed by atoms with van der Waals surface area (Å²) in [5, 5.41) is 3.65. The van der Waals surface area contributed by atoms with Crippen molar-refractivity contribution in [2.75, 3.05) is 33.3 Å². The van der Waals surface area contributed by atoms with Gasteiger partial charge in [0.2, 0.25) is 5.75 Å². The molecule has 0 saturated carbocycles. The molecule has 0 aliphatic rings. The van der Waals surface area contributed by atoms with Gasteiger partial charge in [0.1, 0.15) is 6.54 Å². The number of ether oxygens (including phenoxy) is 4. The molecule has 0 aliphatic heterocycles. The topological polar surface area (TPSA) is 105 Å². The smallest absolute Gasteiger partial charge is 0.326 e. The Kier molecular flexibility index (Phi) is 6.86. The molecule has 0 saturated heterocycles. The van der Waals surface area contributed by atoms with E-state index in [1.165, 1.54) is 21.3 Å². The summed E-state index contributed by atoms with van der Waals surface area (Å²) in [4.78, 5) is 37.9. The fourth-order valence-electron chi connectivity index (χ4n) is 3.92. The Morgan fingerprint density at radius 1 is 0.829 bits per heavy atom. The molecule has 35 heavy (non-hydrogen) atoms. The van der Waals surface area contributed by atoms with E-state index in [4.69, 9.17) is 18.9 Å². The molecule has 9 heteroatoms. The van der Waals surface area contributed by atoms with Crippen molar-refractivity contribution in [3.05, 3.63) is 70.9 Å². The Morgan fingerprint density at radius 2 is 1.37 bits per heavy atom. The van der Waals surface area contributed by atoms with E-state index in [0.29, 0.717) is 44.7 Å². The van der Waals surface area contributed by atoms with Crippen LogP contribution in [-0.2, 0) is 20.9 Å². The van der Waals surface area contributed by atoms with Crippen molar-refractivity contribution in [2.24, 2.45) is 0 Å². The zero-order chi connectivity index (χ0) is 24.9. The lowest BCUT2D eigenvalue weighted by molar-refractivity contribution is -0.147. The molecule has 1 heterocycles. The predicted octanol–water partition coefficient (Wildman–Crippen LogP) is 3.36. The maximum atomic E-state index is 12.8. The van der Waals surface area contributed by atoms with Gasteiger partial charge < -0.3 is 28.8 Å². The van der Waals surface area contributed by atoms with Crippen LogP contribution < -0.4 is 25.0 Å². The van der Waals surface area contributed by atoms with Gasteiger partial charge in [0.15, 0.2) is 23.5 Å². The van der Waals surface area contributed by atoms with Crippen molar-refractivity contribution in [1.29, 1.82) is 0 Å². The van der Waals surface area contributed by atoms with E-state index in [1.807, 2.05) is 0 Å². The molecular formula is C26H24N2O7. The average Bonchev–Trinajstić information content (AvgIpc) is 2.89. The minimum atomic E-state index is -0.621. The molecule has 0 bridgehead atoms. The monoisotopic (exact) mass is 476 g/mol. The fourth-order valence-corrected chi connectivity index (χ4v) is 3.92. The summed E-state index contributed by atoms with van der Waals surface area (Å²) < 4.78 is 22.8. The Morgan fingerprint density at radius 3 is 1.89 bits per heavy atom. The number of hydrogen-bond donors (Lipinski definition) is 1. The van der Waals surface area contributed by atoms with Gasteiger partial charge in [0, 0.05) is 28.6 Å². The van der Waals surface area contributed by atoms with Gasteiger partial charge in [-0.05, 0) is 24.3 Å². The number of carbonyl (C=O) groups is 2. The van der Waals surface area contributed by atoms with Crippen molar-refractivity contribution >= 4 is 39.4 Å². The number of aromatic nitrogens is 1. The van der Waals surface area contributed by atoms with Gasteiger partial charge in [-0.2, -0.15) is 0 Å². The predicted molar refractivity (Wildman–Crippen MR) is 131 cm³/mol. The molecule has 180 valence electrons. The lowest BCUT2D eigenvalue weighted by atomic mass is 10.1. The first-order valence-corrected chi connectivity index (χ1v) is 10.7. The first-order valence-electron chi connectivity index (χ1n) is 10.7. The number of esters is 1. The largest absolute Gasteiger partial charge is 0.493 e. The number of amides is 1. The first kappa shape index (κ1) is 23.6. The maximum Gasteiger partial charge on any atom is 0.326 e. The van der Waals surface area contributed by atoms with E-state index in [0.717, 1.165) is 0 Å². The number of rotatable bonds is 8. The van der Waals surface area contributed by atoms with Crippen molar-refractivity contribution in [1.82, 2.24) is 4.57 Å². The molecule has 0 aliphatic carbocycles. The lowest BCUT2D eigenvalue weighted by Gasteiger charge is -2.15. The van der Waals surface area contributed by atoms with Crippen LogP contribution in [0.4, 0.5) is 5.69 Å². The van der Waals surface area contributed by atoms with Crippen LogP contribution in [0.15, 0.2) is 65.5 Å². The number of hydrogen-bond acceptors (Lipinski definition) is 7. The third-order valence-corrected chi connectivity index (χ3v) is 5.48. The quantitative estimate of drug-likeness (QED) is 0.307. The number of nitrogens with one attached hydrogen (secondary N) is 1. The average molecular weight is 476 g/mol. The standard InChI is InChI=1S/C26H24N2O7/c1-32-21-12-16(13-22(33-2)26(21)34-3)27-23(29)15-35-24(30)14-28-19-10-6-4-8-17(19)25(31)18-9-5-7-11-20(18)28/h4-13H,14-15H2,1-3H3,(H,27,29). The zero-order valence-corrected chi connectivity index (χ0v) is 19.5. The van der Waals surface area contributed by atoms with E-state index in [9.17, 15) is 14.4 Å². The second kappa shape index (κ2) is 10.2. The summed E-state index contributed by atoms with van der Waals surface area (Å²) in [6, 6.07) is 17.3. The maximum absolute atomic E-state index is 12.8. The molecule has 4 rings (SSSR count). The molecule has 9 nitrogen and oxygen atoms in total. The summed E-state index contributed by atoms with van der Waals surface area (Å²) in [6.45, 7) is -0.662. The first-order chi connectivity index (χ1) is 17.0. The second-order valence-electron chi connectivity index (χ2n) is 7.57. The van der Waals surface area contributed by atoms with Crippen molar-refractivity contribution in [3.8, 4) is 17.2 Å². The normalized spacial score (nSPS) is 10.7. The number of benzene rings is 3. The number of anilines is 1. The molecule has 0 fully saturated rings. The number of pyridine rings is 1. The molecule has 0 spiro atoms. The molecular weight excluding hydrogens is 452 g/mol. The van der Waals surface area contributed by atoms with E-state index >= 15 is 0 Å². The van der Waals surface area contributed by atoms with E-state index < -0.39 is 18.5 Å². The lowest BCUT2D eigenvalue weighted by Crippen LogP contribution is -2.24. The van der Waals surface area contributed by atoms with E-state index in [-0.39, 0.29) is 12.0 Å². The molecule has 4 aromatic rings. The second-order valence-corrected chi connectivity index (χ2v) is 7.57. The minimum Gasteiger partial charge on any atom is -0.493 e. The third kappa shape index (κ3) is 4.74. The van der Waals surface area contributed by atoms with Crippen LogP contribution in [-0.4, -0.2) is 44.4 Å². The molecule has 1 N–H and O–H groups in total. The van der Waals surface area contributed by atoms with Gasteiger partial charge >= 0.3 is 5.97 Å². The van der Waals surface area contributed by atoms with E-state index in [2.05, 4.69) is 5.32 Å². The summed E-state index contributed by atoms with van der Waals surface area (Å²) in [7, 11) is 4.41. The van der Waals surface area contributed by atoms with Crippen LogP contribution in [0.5, 0.6) is 17.2 Å². The van der Waals surface area contributed by atoms with Gasteiger partial charge in [0.05, 0.1) is 32.4 Å². The Balaban J connectivity index is 1.50. The molecule has 3 aromatic carbocycles. The van der Waals surface area contributed by atoms with Crippen LogP contribution in [0, 0.1) is 0 Å². The fraction of sp³-hybridized carbons (Fsp3) is 0.192. The van der Waals surface area contributed by atoms with Crippen LogP contribution >= 0.6 is 0 Å². The van der Waals surface area contributed by atoms with E-state index in [1.54, 1.807) is 65.2 Å². The van der Waals surface area contributed by atoms with Crippen LogP contribution in [0.25, 0.3) is 21.8 Å². The summed E-state index contributed by atoms with van der Waals surface area (Å²) in [6.07, 6.45) is 0. The Hall–Kier alpha value is -4.53. The van der Waals surface area contributed by atoms with Gasteiger partial charge in [-0.15, -0.1) is 0 Å². The Bertz CT molecular complexity index is 1390. The van der Waals surface area contributed by atoms with Crippen molar-refractivity contribution in [2.45, 2.75) is 6.54 Å². The summed E-state index contributed by atoms with van der Waals surface area (Å²) >= 11 is 0. The number of carbonyl (C=O) groups excluding carboxylic acids is 2. The molecule has 0 unspecified atom stereocenters. The van der Waals surface area contributed by atoms with Crippen molar-refractivity contribution < 1.29 is 28.5 Å². The number of nitrogens with zero attached hydrogens (tertiary/aromatic N) is 1. The van der Waals surface area contributed by atoms with Gasteiger partial charge in [0.25, 0.3) is 5.91 Å². The molecule has 1 aromatic heterocycles. The number of methoxy groups -OCH3 is 3. The van der Waals surface area contributed by atoms with Gasteiger partial charge in [-0.25, -0.2) is 0 Å². The van der Waals surface area contributed by atoms with Crippen LogP contribution in [0.1, 0.15) is 0 Å². The minimum absolute atomic E-state index is 0.106. The highest BCUT2D eigenvalue weighted by Gasteiger charge is 2.17.